The molecule has 9 nitrogen and oxygen atoms in total. The molecule has 0 saturated carbocycles. The third kappa shape index (κ3) is 4.54. The number of aromatic nitrogens is 6. The minimum absolute atomic E-state index is 0.193. The van der Waals surface area contributed by atoms with Crippen LogP contribution in [0.5, 0.6) is 0 Å². The number of nitrogens with zero attached hydrogens (tertiary/aromatic N) is 5. The van der Waals surface area contributed by atoms with E-state index < -0.39 is 10.0 Å². The monoisotopic (exact) mass is 436 g/mol. The van der Waals surface area contributed by atoms with E-state index in [9.17, 15) is 9.59 Å². The number of nitrogens with one attached hydrogen (secondary N) is 1. The van der Waals surface area contributed by atoms with E-state index in [0.29, 0.717) is 43.1 Å². The second-order valence-corrected chi connectivity index (χ2v) is 12.8. The van der Waals surface area contributed by atoms with E-state index >= 15 is 0 Å². The number of H-pyrrole nitrogens is 1. The highest BCUT2D eigenvalue weighted by Crippen LogP contribution is 2.33. The number of aromatic amines is 1. The van der Waals surface area contributed by atoms with Crippen molar-refractivity contribution in [3.8, 4) is 11.4 Å². The maximum atomic E-state index is 13.3. The number of hydrogen-bond donors (Lipinski definition) is 1. The van der Waals surface area contributed by atoms with Gasteiger partial charge in [0.05, 0.1) is 18.4 Å². The highest BCUT2D eigenvalue weighted by atomic mass is 32.3. The molecule has 0 fully saturated rings. The van der Waals surface area contributed by atoms with Crippen LogP contribution in [-0.2, 0) is 24.6 Å². The Kier molecular flexibility index (Phi) is 6.87. The zero-order chi connectivity index (χ0) is 21.9. The van der Waals surface area contributed by atoms with Crippen LogP contribution in [0.3, 0.4) is 0 Å². The van der Waals surface area contributed by atoms with Gasteiger partial charge in [0.25, 0.3) is 5.56 Å². The van der Waals surface area contributed by atoms with Crippen molar-refractivity contribution in [3.05, 3.63) is 33.2 Å². The van der Waals surface area contributed by atoms with Gasteiger partial charge in [-0.25, -0.2) is 19.8 Å². The van der Waals surface area contributed by atoms with Crippen LogP contribution >= 0.6 is 10.0 Å². The highest BCUT2D eigenvalue weighted by Gasteiger charge is 2.22. The first-order chi connectivity index (χ1) is 14.3. The number of hydrogen-bond acceptors (Lipinski definition) is 5. The molecule has 0 aromatic carbocycles. The van der Waals surface area contributed by atoms with Gasteiger partial charge in [-0.3, -0.25) is 23.6 Å². The Balaban J connectivity index is 2.19. The predicted octanol–water partition coefficient (Wildman–Crippen LogP) is 2.24. The van der Waals surface area contributed by atoms with Crippen molar-refractivity contribution < 1.29 is 4.74 Å². The van der Waals surface area contributed by atoms with E-state index in [1.54, 1.807) is 21.5 Å². The molecule has 0 aliphatic rings. The molecule has 0 bridgehead atoms. The number of ether oxygens (including phenoxy) is 1. The SMILES string of the molecule is CCCn1c(=O)c2c(nc(-c3cn[nH]c3)n2COCCS(C)(C)C)n(CCC)c1=O. The first-order valence-corrected chi connectivity index (χ1v) is 13.3. The Hall–Kier alpha value is -2.33. The molecule has 0 aliphatic heterocycles. The van der Waals surface area contributed by atoms with Crippen LogP contribution in [0, 0.1) is 0 Å². The average Bonchev–Trinajstić information content (AvgIpc) is 3.33. The lowest BCUT2D eigenvalue weighted by atomic mass is 10.3. The summed E-state index contributed by atoms with van der Waals surface area (Å²) in [6.45, 7) is 5.61. The Morgan fingerprint density at radius 3 is 2.37 bits per heavy atom. The molecule has 166 valence electrons. The number of imidazole rings is 1. The summed E-state index contributed by atoms with van der Waals surface area (Å²) in [4.78, 5) is 31.0. The first kappa shape index (κ1) is 22.4. The molecule has 0 atom stereocenters. The van der Waals surface area contributed by atoms with Gasteiger partial charge in [-0.1, -0.05) is 13.8 Å². The van der Waals surface area contributed by atoms with Crippen molar-refractivity contribution in [1.82, 2.24) is 28.9 Å². The maximum Gasteiger partial charge on any atom is 0.332 e. The van der Waals surface area contributed by atoms with Crippen LogP contribution in [-0.4, -0.2) is 60.0 Å². The second kappa shape index (κ2) is 9.22. The van der Waals surface area contributed by atoms with Gasteiger partial charge in [0.2, 0.25) is 0 Å². The van der Waals surface area contributed by atoms with Gasteiger partial charge >= 0.3 is 5.69 Å². The number of aryl methyl sites for hydroxylation is 1. The third-order valence-corrected chi connectivity index (χ3v) is 6.22. The molecule has 0 amide bonds. The molecule has 0 unspecified atom stereocenters. The lowest BCUT2D eigenvalue weighted by molar-refractivity contribution is 0.0932. The van der Waals surface area contributed by atoms with Gasteiger partial charge in [-0.2, -0.15) is 5.10 Å². The van der Waals surface area contributed by atoms with Gasteiger partial charge in [0.15, 0.2) is 11.2 Å². The van der Waals surface area contributed by atoms with Gasteiger partial charge in [-0.05, 0) is 31.6 Å². The molecule has 3 aromatic heterocycles. The van der Waals surface area contributed by atoms with E-state index in [1.807, 2.05) is 13.8 Å². The summed E-state index contributed by atoms with van der Waals surface area (Å²) < 4.78 is 10.7. The fraction of sp³-hybridized carbons (Fsp3) is 0.600. The number of fused-ring (bicyclic) bond motifs is 1. The van der Waals surface area contributed by atoms with E-state index in [4.69, 9.17) is 9.72 Å². The first-order valence-electron chi connectivity index (χ1n) is 10.2. The van der Waals surface area contributed by atoms with E-state index in [2.05, 4.69) is 29.0 Å². The summed E-state index contributed by atoms with van der Waals surface area (Å²) in [5, 5.41) is 6.81. The van der Waals surface area contributed by atoms with Crippen LogP contribution in [0.4, 0.5) is 0 Å². The Bertz CT molecular complexity index is 1100. The quantitative estimate of drug-likeness (QED) is 0.491. The summed E-state index contributed by atoms with van der Waals surface area (Å²) in [7, 11) is -0.679. The van der Waals surface area contributed by atoms with Crippen LogP contribution in [0.2, 0.25) is 0 Å². The zero-order valence-corrected chi connectivity index (χ0v) is 19.3. The molecule has 3 heterocycles. The van der Waals surface area contributed by atoms with Crippen LogP contribution in [0.1, 0.15) is 26.7 Å². The summed E-state index contributed by atoms with van der Waals surface area (Å²) in [5.41, 5.74) is 0.915. The van der Waals surface area contributed by atoms with Crippen LogP contribution < -0.4 is 11.2 Å². The molecule has 0 aliphatic carbocycles. The van der Waals surface area contributed by atoms with Crippen molar-refractivity contribution in [2.24, 2.45) is 0 Å². The maximum absolute atomic E-state index is 13.3. The smallest absolute Gasteiger partial charge is 0.332 e. The molecule has 3 rings (SSSR count). The van der Waals surface area contributed by atoms with E-state index in [0.717, 1.165) is 17.7 Å². The summed E-state index contributed by atoms with van der Waals surface area (Å²) >= 11 is 0. The molecule has 0 radical (unpaired) electrons. The van der Waals surface area contributed by atoms with Crippen molar-refractivity contribution in [2.75, 3.05) is 31.1 Å². The molecule has 30 heavy (non-hydrogen) atoms. The minimum Gasteiger partial charge on any atom is -0.360 e. The normalized spacial score (nSPS) is 12.7. The summed E-state index contributed by atoms with van der Waals surface area (Å²) in [5.74, 6) is 1.54. The molecular formula is C20H32N6O3S. The van der Waals surface area contributed by atoms with Gasteiger partial charge < -0.3 is 4.74 Å². The van der Waals surface area contributed by atoms with Gasteiger partial charge in [0, 0.05) is 25.0 Å². The second-order valence-electron chi connectivity index (χ2n) is 8.25. The van der Waals surface area contributed by atoms with Crippen molar-refractivity contribution in [1.29, 1.82) is 0 Å². The van der Waals surface area contributed by atoms with E-state index in [-0.39, 0.29) is 18.0 Å². The van der Waals surface area contributed by atoms with Crippen molar-refractivity contribution in [2.45, 2.75) is 46.5 Å². The zero-order valence-electron chi connectivity index (χ0n) is 18.5. The minimum atomic E-state index is -0.679. The highest BCUT2D eigenvalue weighted by molar-refractivity contribution is 8.32. The molecule has 0 spiro atoms. The standard InChI is InChI=1S/C20H32N6O3S/c1-6-8-24-18-16(19(27)25(9-7-2)20(24)28)26(14-29-10-11-30(3,4)5)17(23-18)15-12-21-22-13-15/h12-13H,6-11,14H2,1-5H3,(H,21,22). The molecular weight excluding hydrogens is 404 g/mol. The Morgan fingerprint density at radius 1 is 1.07 bits per heavy atom. The van der Waals surface area contributed by atoms with Crippen molar-refractivity contribution >= 4 is 21.2 Å². The average molecular weight is 437 g/mol. The molecule has 10 heteroatoms. The lowest BCUT2D eigenvalue weighted by Gasteiger charge is -2.24. The molecule has 1 N–H and O–H groups in total. The topological polar surface area (TPSA) is 99.7 Å². The third-order valence-electron chi connectivity index (χ3n) is 4.83. The summed E-state index contributed by atoms with van der Waals surface area (Å²) in [6.07, 6.45) is 11.6. The molecule has 0 saturated heterocycles. The van der Waals surface area contributed by atoms with Crippen molar-refractivity contribution in [3.63, 3.8) is 0 Å². The largest absolute Gasteiger partial charge is 0.360 e. The van der Waals surface area contributed by atoms with E-state index in [1.165, 1.54) is 4.57 Å². The fourth-order valence-corrected chi connectivity index (χ4v) is 3.94. The Labute approximate surface area is 177 Å². The van der Waals surface area contributed by atoms with Gasteiger partial charge in [-0.15, -0.1) is 0 Å². The number of rotatable bonds is 10. The molecule has 3 aromatic rings. The summed E-state index contributed by atoms with van der Waals surface area (Å²) in [6, 6.07) is 0. The van der Waals surface area contributed by atoms with Crippen LogP contribution in [0.25, 0.3) is 22.6 Å². The lowest BCUT2D eigenvalue weighted by Crippen LogP contribution is -2.40. The fourth-order valence-electron chi connectivity index (χ4n) is 3.32. The predicted molar refractivity (Wildman–Crippen MR) is 123 cm³/mol. The van der Waals surface area contributed by atoms with Crippen LogP contribution in [0.15, 0.2) is 22.0 Å². The van der Waals surface area contributed by atoms with Gasteiger partial charge in [0.1, 0.15) is 12.6 Å². The Morgan fingerprint density at radius 2 is 1.77 bits per heavy atom.